The van der Waals surface area contributed by atoms with Crippen LogP contribution >= 0.6 is 12.4 Å². The first-order chi connectivity index (χ1) is 11.9. The van der Waals surface area contributed by atoms with Gasteiger partial charge in [-0.2, -0.15) is 5.26 Å². The number of amides is 1. The van der Waals surface area contributed by atoms with Crippen LogP contribution in [0, 0.1) is 11.3 Å². The number of piperazine rings is 1. The lowest BCUT2D eigenvalue weighted by molar-refractivity contribution is -0.124. The van der Waals surface area contributed by atoms with Crippen LogP contribution in [0.25, 0.3) is 0 Å². The van der Waals surface area contributed by atoms with Crippen molar-refractivity contribution in [3.63, 3.8) is 0 Å². The predicted octanol–water partition coefficient (Wildman–Crippen LogP) is 2.68. The van der Waals surface area contributed by atoms with Crippen molar-refractivity contribution in [1.29, 1.82) is 5.26 Å². The predicted molar refractivity (Wildman–Crippen MR) is 107 cm³/mol. The number of carbonyl (C=O) groups excluding carboxylic acids is 1. The van der Waals surface area contributed by atoms with E-state index >= 15 is 0 Å². The molecular weight excluding hydrogens is 348 g/mol. The van der Waals surface area contributed by atoms with E-state index in [4.69, 9.17) is 0 Å². The van der Waals surface area contributed by atoms with Crippen LogP contribution in [0.3, 0.4) is 0 Å². The quantitative estimate of drug-likeness (QED) is 0.881. The van der Waals surface area contributed by atoms with Gasteiger partial charge >= 0.3 is 0 Å². The highest BCUT2D eigenvalue weighted by Gasteiger charge is 2.41. The third-order valence-electron chi connectivity index (χ3n) is 5.48. The molecule has 1 fully saturated rings. The SMILES string of the molecule is CCC(C(=O)N1CC(C)(C)c2ccc(C#N)cc21)N1CCNC(C)C1.Cl. The third kappa shape index (κ3) is 3.73. The molecule has 1 N–H and O–H groups in total. The molecule has 6 heteroatoms. The zero-order chi connectivity index (χ0) is 18.2. The number of rotatable bonds is 3. The molecule has 2 aliphatic rings. The molecule has 1 saturated heterocycles. The minimum absolute atomic E-state index is 0. The van der Waals surface area contributed by atoms with Crippen LogP contribution in [-0.4, -0.2) is 49.1 Å². The summed E-state index contributed by atoms with van der Waals surface area (Å²) in [4.78, 5) is 17.6. The van der Waals surface area contributed by atoms with E-state index in [9.17, 15) is 10.1 Å². The van der Waals surface area contributed by atoms with Gasteiger partial charge < -0.3 is 10.2 Å². The van der Waals surface area contributed by atoms with Crippen molar-refractivity contribution in [3.05, 3.63) is 29.3 Å². The number of halogens is 1. The fourth-order valence-electron chi connectivity index (χ4n) is 4.17. The van der Waals surface area contributed by atoms with Crippen LogP contribution in [0.1, 0.15) is 45.2 Å². The minimum atomic E-state index is -0.1000. The summed E-state index contributed by atoms with van der Waals surface area (Å²) in [7, 11) is 0. The van der Waals surface area contributed by atoms with E-state index in [0.29, 0.717) is 18.2 Å². The van der Waals surface area contributed by atoms with Crippen molar-refractivity contribution in [1.82, 2.24) is 10.2 Å². The zero-order valence-electron chi connectivity index (χ0n) is 16.1. The lowest BCUT2D eigenvalue weighted by Crippen LogP contribution is -2.57. The first-order valence-electron chi connectivity index (χ1n) is 9.21. The normalized spacial score (nSPS) is 22.9. The first-order valence-corrected chi connectivity index (χ1v) is 9.21. The van der Waals surface area contributed by atoms with E-state index in [1.165, 1.54) is 0 Å². The Hall–Kier alpha value is -1.61. The minimum Gasteiger partial charge on any atom is -0.312 e. The highest BCUT2D eigenvalue weighted by atomic mass is 35.5. The number of fused-ring (bicyclic) bond motifs is 1. The Balaban J connectivity index is 0.00000243. The van der Waals surface area contributed by atoms with E-state index in [1.54, 1.807) is 0 Å². The van der Waals surface area contributed by atoms with Crippen molar-refractivity contribution >= 4 is 24.0 Å². The van der Waals surface area contributed by atoms with Gasteiger partial charge in [-0.3, -0.25) is 9.69 Å². The zero-order valence-corrected chi connectivity index (χ0v) is 16.9. The Morgan fingerprint density at radius 2 is 2.19 bits per heavy atom. The fraction of sp³-hybridized carbons (Fsp3) is 0.600. The van der Waals surface area contributed by atoms with Crippen LogP contribution < -0.4 is 10.2 Å². The molecule has 1 amide bonds. The van der Waals surface area contributed by atoms with Crippen molar-refractivity contribution in [2.24, 2.45) is 0 Å². The van der Waals surface area contributed by atoms with Gasteiger partial charge in [-0.15, -0.1) is 12.4 Å². The Morgan fingerprint density at radius 3 is 2.81 bits per heavy atom. The Kier molecular flexibility index (Phi) is 6.33. The average molecular weight is 377 g/mol. The van der Waals surface area contributed by atoms with Gasteiger partial charge in [0.2, 0.25) is 5.91 Å². The summed E-state index contributed by atoms with van der Waals surface area (Å²) >= 11 is 0. The van der Waals surface area contributed by atoms with Gasteiger partial charge in [0, 0.05) is 43.3 Å². The van der Waals surface area contributed by atoms with Gasteiger partial charge in [-0.25, -0.2) is 0 Å². The maximum Gasteiger partial charge on any atom is 0.244 e. The number of anilines is 1. The standard InChI is InChI=1S/C20H28N4O.ClH/c1-5-17(23-9-8-22-14(2)12-23)19(25)24-13-20(3,4)16-7-6-15(11-21)10-18(16)24;/h6-7,10,14,17,22H,5,8-9,12-13H2,1-4H3;1H. The van der Waals surface area contributed by atoms with Crippen LogP contribution in [-0.2, 0) is 10.2 Å². The average Bonchev–Trinajstić information content (AvgIpc) is 2.86. The number of benzene rings is 1. The van der Waals surface area contributed by atoms with Crippen molar-refractivity contribution < 1.29 is 4.79 Å². The maximum atomic E-state index is 13.4. The van der Waals surface area contributed by atoms with E-state index in [2.05, 4.69) is 44.0 Å². The van der Waals surface area contributed by atoms with Crippen LogP contribution in [0.5, 0.6) is 0 Å². The Bertz CT molecular complexity index is 712. The molecule has 0 spiro atoms. The van der Waals surface area contributed by atoms with E-state index in [1.807, 2.05) is 23.1 Å². The van der Waals surface area contributed by atoms with Gasteiger partial charge in [0.25, 0.3) is 0 Å². The number of carbonyl (C=O) groups is 1. The molecule has 2 aliphatic heterocycles. The van der Waals surface area contributed by atoms with Crippen molar-refractivity contribution in [2.75, 3.05) is 31.1 Å². The molecule has 1 aromatic carbocycles. The summed E-state index contributed by atoms with van der Waals surface area (Å²) < 4.78 is 0. The molecule has 2 atom stereocenters. The molecule has 0 bridgehead atoms. The van der Waals surface area contributed by atoms with Crippen molar-refractivity contribution in [2.45, 2.75) is 51.6 Å². The van der Waals surface area contributed by atoms with E-state index in [-0.39, 0.29) is 29.8 Å². The summed E-state index contributed by atoms with van der Waals surface area (Å²) in [6.45, 7) is 12.0. The van der Waals surface area contributed by atoms with E-state index in [0.717, 1.165) is 37.3 Å². The molecule has 2 unspecified atom stereocenters. The number of hydrogen-bond donors (Lipinski definition) is 1. The van der Waals surface area contributed by atoms with Crippen molar-refractivity contribution in [3.8, 4) is 6.07 Å². The molecule has 5 nitrogen and oxygen atoms in total. The Labute approximate surface area is 162 Å². The molecule has 0 saturated carbocycles. The second-order valence-corrected chi connectivity index (χ2v) is 7.93. The maximum absolute atomic E-state index is 13.4. The number of nitriles is 1. The summed E-state index contributed by atoms with van der Waals surface area (Å²) in [6.07, 6.45) is 0.801. The highest BCUT2D eigenvalue weighted by Crippen LogP contribution is 2.41. The molecule has 0 aromatic heterocycles. The monoisotopic (exact) mass is 376 g/mol. The summed E-state index contributed by atoms with van der Waals surface area (Å²) in [5, 5.41) is 12.7. The van der Waals surface area contributed by atoms with Gasteiger partial charge in [0.15, 0.2) is 0 Å². The molecule has 0 aliphatic carbocycles. The largest absolute Gasteiger partial charge is 0.312 e. The molecule has 1 aromatic rings. The number of nitrogens with one attached hydrogen (secondary N) is 1. The second-order valence-electron chi connectivity index (χ2n) is 7.93. The number of nitrogens with zero attached hydrogens (tertiary/aromatic N) is 3. The smallest absolute Gasteiger partial charge is 0.244 e. The molecule has 142 valence electrons. The topological polar surface area (TPSA) is 59.4 Å². The molecule has 0 radical (unpaired) electrons. The van der Waals surface area contributed by atoms with Crippen LogP contribution in [0.2, 0.25) is 0 Å². The lowest BCUT2D eigenvalue weighted by Gasteiger charge is -2.38. The molecule has 2 heterocycles. The summed E-state index contributed by atoms with van der Waals surface area (Å²) in [6, 6.07) is 8.24. The summed E-state index contributed by atoms with van der Waals surface area (Å²) in [5.74, 6) is 0.165. The highest BCUT2D eigenvalue weighted by molar-refractivity contribution is 5.99. The summed E-state index contributed by atoms with van der Waals surface area (Å²) in [5.41, 5.74) is 2.59. The van der Waals surface area contributed by atoms with Gasteiger partial charge in [-0.05, 0) is 31.0 Å². The first kappa shape index (κ1) is 20.7. The molecule has 3 rings (SSSR count). The lowest BCUT2D eigenvalue weighted by atomic mass is 9.86. The van der Waals surface area contributed by atoms with Gasteiger partial charge in [0.05, 0.1) is 17.7 Å². The van der Waals surface area contributed by atoms with E-state index < -0.39 is 0 Å². The third-order valence-corrected chi connectivity index (χ3v) is 5.48. The van der Waals surface area contributed by atoms with Gasteiger partial charge in [0.1, 0.15) is 0 Å². The molecule has 26 heavy (non-hydrogen) atoms. The second kappa shape index (κ2) is 7.96. The van der Waals surface area contributed by atoms with Crippen LogP contribution in [0.15, 0.2) is 18.2 Å². The fourth-order valence-corrected chi connectivity index (χ4v) is 4.17. The van der Waals surface area contributed by atoms with Crippen LogP contribution in [0.4, 0.5) is 5.69 Å². The Morgan fingerprint density at radius 1 is 1.46 bits per heavy atom. The van der Waals surface area contributed by atoms with Gasteiger partial charge in [-0.1, -0.05) is 26.8 Å². The molecular formula is C20H29ClN4O. The number of hydrogen-bond acceptors (Lipinski definition) is 4.